The first-order valence-corrected chi connectivity index (χ1v) is 10.5. The molecular formula is C24H22ClN3O5. The van der Waals surface area contributed by atoms with Gasteiger partial charge in [-0.3, -0.25) is 4.79 Å². The van der Waals surface area contributed by atoms with E-state index in [1.165, 1.54) is 18.3 Å². The minimum atomic E-state index is -0.402. The second-order valence-corrected chi connectivity index (χ2v) is 7.73. The number of halogens is 1. The van der Waals surface area contributed by atoms with E-state index in [-0.39, 0.29) is 18.6 Å². The minimum absolute atomic E-state index is 0.0483. The average molecular weight is 468 g/mol. The molecule has 0 spiro atoms. The van der Waals surface area contributed by atoms with Gasteiger partial charge in [0.1, 0.15) is 5.76 Å². The molecule has 170 valence electrons. The van der Waals surface area contributed by atoms with Crippen LogP contribution in [-0.4, -0.2) is 30.1 Å². The van der Waals surface area contributed by atoms with Gasteiger partial charge in [0.25, 0.3) is 5.56 Å². The number of pyridine rings is 1. The van der Waals surface area contributed by atoms with Crippen molar-refractivity contribution in [2.45, 2.75) is 13.1 Å². The molecule has 0 bridgehead atoms. The van der Waals surface area contributed by atoms with E-state index < -0.39 is 6.03 Å². The number of anilines is 1. The van der Waals surface area contributed by atoms with E-state index in [1.54, 1.807) is 61.7 Å². The molecule has 0 aliphatic heterocycles. The summed E-state index contributed by atoms with van der Waals surface area (Å²) < 4.78 is 16.1. The standard InChI is InChI=1S/C24H22ClN3O5/c1-31-21-10-15-9-16(23(29)27-20(15)12-22(21)32-2)13-28(14-19-7-4-8-33-19)24(30)26-18-6-3-5-17(25)11-18/h3-12H,13-14H2,1-2H3,(H,26,30)(H,27,29). The van der Waals surface area contributed by atoms with Crippen LogP contribution < -0.4 is 20.3 Å². The number of aromatic amines is 1. The summed E-state index contributed by atoms with van der Waals surface area (Å²) in [5.41, 5.74) is 1.24. The van der Waals surface area contributed by atoms with Crippen molar-refractivity contribution in [3.05, 3.63) is 87.6 Å². The zero-order valence-electron chi connectivity index (χ0n) is 18.1. The third-order valence-electron chi connectivity index (χ3n) is 5.08. The van der Waals surface area contributed by atoms with Crippen molar-refractivity contribution in [1.29, 1.82) is 0 Å². The van der Waals surface area contributed by atoms with Crippen LogP contribution in [0.15, 0.2) is 70.1 Å². The van der Waals surface area contributed by atoms with Crippen molar-refractivity contribution in [1.82, 2.24) is 9.88 Å². The Kier molecular flexibility index (Phi) is 6.55. The Bertz CT molecular complexity index is 1330. The summed E-state index contributed by atoms with van der Waals surface area (Å²) >= 11 is 6.03. The third kappa shape index (κ3) is 5.12. The number of carbonyl (C=O) groups is 1. The first-order valence-electron chi connectivity index (χ1n) is 10.1. The number of furan rings is 1. The number of methoxy groups -OCH3 is 2. The number of amides is 2. The quantitative estimate of drug-likeness (QED) is 0.397. The number of hydrogen-bond acceptors (Lipinski definition) is 5. The highest BCUT2D eigenvalue weighted by Crippen LogP contribution is 2.31. The molecule has 0 saturated carbocycles. The number of ether oxygens (including phenoxy) is 2. The van der Waals surface area contributed by atoms with Crippen LogP contribution in [0.1, 0.15) is 11.3 Å². The lowest BCUT2D eigenvalue weighted by Crippen LogP contribution is -2.35. The van der Waals surface area contributed by atoms with Gasteiger partial charge >= 0.3 is 6.03 Å². The molecular weight excluding hydrogens is 446 g/mol. The molecule has 2 aromatic heterocycles. The lowest BCUT2D eigenvalue weighted by molar-refractivity contribution is 0.201. The van der Waals surface area contributed by atoms with Gasteiger partial charge in [-0.2, -0.15) is 0 Å². The molecule has 2 heterocycles. The minimum Gasteiger partial charge on any atom is -0.493 e. The van der Waals surface area contributed by atoms with Gasteiger partial charge in [-0.1, -0.05) is 17.7 Å². The van der Waals surface area contributed by atoms with Gasteiger partial charge in [0.15, 0.2) is 11.5 Å². The van der Waals surface area contributed by atoms with Crippen LogP contribution in [0.4, 0.5) is 10.5 Å². The van der Waals surface area contributed by atoms with E-state index >= 15 is 0 Å². The Morgan fingerprint density at radius 1 is 1.06 bits per heavy atom. The van der Waals surface area contributed by atoms with E-state index in [4.69, 9.17) is 25.5 Å². The van der Waals surface area contributed by atoms with Crippen LogP contribution in [0.25, 0.3) is 10.9 Å². The topological polar surface area (TPSA) is 96.8 Å². The number of nitrogens with zero attached hydrogens (tertiary/aromatic N) is 1. The lowest BCUT2D eigenvalue weighted by Gasteiger charge is -2.22. The number of hydrogen-bond donors (Lipinski definition) is 2. The monoisotopic (exact) mass is 467 g/mol. The molecule has 0 atom stereocenters. The highest BCUT2D eigenvalue weighted by Gasteiger charge is 2.19. The lowest BCUT2D eigenvalue weighted by atomic mass is 10.1. The van der Waals surface area contributed by atoms with E-state index in [2.05, 4.69) is 10.3 Å². The Hall–Kier alpha value is -3.91. The van der Waals surface area contributed by atoms with Gasteiger partial charge in [-0.05, 0) is 42.5 Å². The van der Waals surface area contributed by atoms with Crippen molar-refractivity contribution in [3.8, 4) is 11.5 Å². The molecule has 33 heavy (non-hydrogen) atoms. The van der Waals surface area contributed by atoms with Crippen LogP contribution in [0.2, 0.25) is 5.02 Å². The summed E-state index contributed by atoms with van der Waals surface area (Å²) in [6.45, 7) is 0.218. The summed E-state index contributed by atoms with van der Waals surface area (Å²) in [6, 6.07) is 15.2. The number of nitrogens with one attached hydrogen (secondary N) is 2. The number of carbonyl (C=O) groups excluding carboxylic acids is 1. The van der Waals surface area contributed by atoms with Crippen molar-refractivity contribution < 1.29 is 18.7 Å². The molecule has 8 nitrogen and oxygen atoms in total. The number of H-pyrrole nitrogens is 1. The number of urea groups is 1. The van der Waals surface area contributed by atoms with E-state index in [1.807, 2.05) is 0 Å². The predicted octanol–water partition coefficient (Wildman–Crippen LogP) is 5.03. The molecule has 2 aromatic carbocycles. The zero-order valence-corrected chi connectivity index (χ0v) is 18.8. The number of aromatic nitrogens is 1. The molecule has 0 radical (unpaired) electrons. The Morgan fingerprint density at radius 2 is 1.85 bits per heavy atom. The number of rotatable bonds is 7. The first-order chi connectivity index (χ1) is 16.0. The maximum Gasteiger partial charge on any atom is 0.322 e. The molecule has 0 fully saturated rings. The summed E-state index contributed by atoms with van der Waals surface area (Å²) in [7, 11) is 3.07. The highest BCUT2D eigenvalue weighted by molar-refractivity contribution is 6.30. The molecule has 4 rings (SSSR count). The molecule has 4 aromatic rings. The van der Waals surface area contributed by atoms with Crippen molar-refractivity contribution in [2.75, 3.05) is 19.5 Å². The van der Waals surface area contributed by atoms with Crippen LogP contribution in [-0.2, 0) is 13.1 Å². The third-order valence-corrected chi connectivity index (χ3v) is 5.31. The number of fused-ring (bicyclic) bond motifs is 1. The average Bonchev–Trinajstić information content (AvgIpc) is 3.31. The summed E-state index contributed by atoms with van der Waals surface area (Å²) in [6.07, 6.45) is 1.53. The highest BCUT2D eigenvalue weighted by atomic mass is 35.5. The molecule has 9 heteroatoms. The molecule has 0 aliphatic carbocycles. The van der Waals surface area contributed by atoms with Crippen molar-refractivity contribution >= 4 is 34.2 Å². The predicted molar refractivity (Wildman–Crippen MR) is 126 cm³/mol. The Balaban J connectivity index is 1.66. The van der Waals surface area contributed by atoms with Crippen LogP contribution in [0.3, 0.4) is 0 Å². The second kappa shape index (κ2) is 9.70. The Labute approximate surface area is 194 Å². The summed E-state index contributed by atoms with van der Waals surface area (Å²) in [5, 5.41) is 4.06. The maximum absolute atomic E-state index is 13.1. The fraction of sp³-hybridized carbons (Fsp3) is 0.167. The fourth-order valence-corrected chi connectivity index (χ4v) is 3.65. The van der Waals surface area contributed by atoms with E-state index in [0.29, 0.717) is 39.0 Å². The molecule has 0 aliphatic rings. The molecule has 2 amide bonds. The normalized spacial score (nSPS) is 10.8. The smallest absolute Gasteiger partial charge is 0.322 e. The summed E-state index contributed by atoms with van der Waals surface area (Å²) in [4.78, 5) is 30.3. The molecule has 2 N–H and O–H groups in total. The van der Waals surface area contributed by atoms with E-state index in [9.17, 15) is 9.59 Å². The van der Waals surface area contributed by atoms with Crippen LogP contribution in [0.5, 0.6) is 11.5 Å². The molecule has 0 saturated heterocycles. The summed E-state index contributed by atoms with van der Waals surface area (Å²) in [5.74, 6) is 1.63. The largest absolute Gasteiger partial charge is 0.493 e. The van der Waals surface area contributed by atoms with Gasteiger partial charge in [-0.25, -0.2) is 4.79 Å². The maximum atomic E-state index is 13.1. The van der Waals surface area contributed by atoms with Crippen LogP contribution >= 0.6 is 11.6 Å². The van der Waals surface area contributed by atoms with Gasteiger partial charge in [-0.15, -0.1) is 0 Å². The number of benzene rings is 2. The fourth-order valence-electron chi connectivity index (χ4n) is 3.46. The van der Waals surface area contributed by atoms with Crippen LogP contribution in [0, 0.1) is 0 Å². The van der Waals surface area contributed by atoms with Crippen molar-refractivity contribution in [3.63, 3.8) is 0 Å². The van der Waals surface area contributed by atoms with Gasteiger partial charge < -0.3 is 29.1 Å². The van der Waals surface area contributed by atoms with Crippen molar-refractivity contribution in [2.24, 2.45) is 0 Å². The van der Waals surface area contributed by atoms with Gasteiger partial charge in [0.2, 0.25) is 0 Å². The van der Waals surface area contributed by atoms with Gasteiger partial charge in [0.05, 0.1) is 39.1 Å². The Morgan fingerprint density at radius 3 is 2.55 bits per heavy atom. The second-order valence-electron chi connectivity index (χ2n) is 7.29. The zero-order chi connectivity index (χ0) is 23.4. The van der Waals surface area contributed by atoms with E-state index in [0.717, 1.165) is 5.39 Å². The first kappa shape index (κ1) is 22.3. The van der Waals surface area contributed by atoms with Gasteiger partial charge in [0, 0.05) is 27.7 Å². The SMILES string of the molecule is COc1cc2cc(CN(Cc3ccco3)C(=O)Nc3cccc(Cl)c3)c(=O)[nH]c2cc1OC. The molecule has 0 unspecified atom stereocenters.